The predicted octanol–water partition coefficient (Wildman–Crippen LogP) is 7.98. The van der Waals surface area contributed by atoms with E-state index < -0.39 is 30.5 Å². The highest BCUT2D eigenvalue weighted by Gasteiger charge is 2.42. The number of Topliss-reactive ketones (excluding diaryl/α,β-unsaturated/α-hetero) is 2. The lowest BCUT2D eigenvalue weighted by Crippen LogP contribution is -2.42. The number of unbranched alkanes of at least 4 members (excludes halogenated alkanes) is 14. The molecule has 0 aromatic heterocycles. The van der Waals surface area contributed by atoms with Crippen molar-refractivity contribution in [3.8, 4) is 0 Å². The van der Waals surface area contributed by atoms with Crippen molar-refractivity contribution in [3.05, 3.63) is 0 Å². The average Bonchev–Trinajstić information content (AvgIpc) is 2.97. The summed E-state index contributed by atoms with van der Waals surface area (Å²) in [4.78, 5) is 43.6. The molecule has 0 spiro atoms. The lowest BCUT2D eigenvalue weighted by Gasteiger charge is -2.23. The van der Waals surface area contributed by atoms with Gasteiger partial charge in [0.2, 0.25) is 5.78 Å². The van der Waals surface area contributed by atoms with Gasteiger partial charge in [0.05, 0.1) is 6.61 Å². The molecule has 0 aliphatic rings. The van der Waals surface area contributed by atoms with Gasteiger partial charge in [-0.1, -0.05) is 70.6 Å². The summed E-state index contributed by atoms with van der Waals surface area (Å²) in [6.45, 7) is 6.61. The van der Waals surface area contributed by atoms with Crippen molar-refractivity contribution < 1.29 is 50.3 Å². The molecular weight excluding hydrogens is 632 g/mol. The molecule has 0 aliphatic heterocycles. The van der Waals surface area contributed by atoms with Gasteiger partial charge in [-0.05, 0) is 65.5 Å². The van der Waals surface area contributed by atoms with Crippen LogP contribution in [0.5, 0.6) is 0 Å². The first-order chi connectivity index (χ1) is 22.0. The molecule has 47 heavy (non-hydrogen) atoms. The first-order valence-electron chi connectivity index (χ1n) is 17.0. The molecule has 0 unspecified atom stereocenters. The quantitative estimate of drug-likeness (QED) is 0.0563. The second-order valence-electron chi connectivity index (χ2n) is 11.4. The van der Waals surface area contributed by atoms with Crippen LogP contribution in [-0.4, -0.2) is 73.5 Å². The van der Waals surface area contributed by atoms with E-state index in [0.29, 0.717) is 51.6 Å². The minimum Gasteiger partial charge on any atom is -0.466 e. The van der Waals surface area contributed by atoms with Gasteiger partial charge in [-0.2, -0.15) is 26.3 Å². The SMILES string of the molecule is CC(=O)CCCCN(CCCCCCCCC(=O)C(F)(F)F)C(=O)C(F)(F)F.CCOC(C)=O.NCCCCCCCCCCCN. The fourth-order valence-electron chi connectivity index (χ4n) is 4.34. The maximum absolute atomic E-state index is 12.6. The molecule has 0 saturated carbocycles. The van der Waals surface area contributed by atoms with Crippen LogP contribution in [0.15, 0.2) is 0 Å². The number of halogens is 6. The molecule has 14 heteroatoms. The van der Waals surface area contributed by atoms with Crippen LogP contribution in [0.1, 0.15) is 143 Å². The summed E-state index contributed by atoms with van der Waals surface area (Å²) in [7, 11) is 0. The Balaban J connectivity index is -0.000000834. The van der Waals surface area contributed by atoms with E-state index in [1.807, 2.05) is 0 Å². The minimum absolute atomic E-state index is 0.0642. The zero-order valence-corrected chi connectivity index (χ0v) is 28.9. The first kappa shape index (κ1) is 49.2. The van der Waals surface area contributed by atoms with Gasteiger partial charge in [0.25, 0.3) is 0 Å². The zero-order chi connectivity index (χ0) is 36.6. The van der Waals surface area contributed by atoms with E-state index in [1.165, 1.54) is 71.6 Å². The highest BCUT2D eigenvalue weighted by atomic mass is 19.4. The third-order valence-electron chi connectivity index (χ3n) is 6.89. The number of nitrogens with two attached hydrogens (primary N) is 2. The second-order valence-corrected chi connectivity index (χ2v) is 11.4. The summed E-state index contributed by atoms with van der Waals surface area (Å²) in [6.07, 6.45) is 5.19. The number of carbonyl (C=O) groups excluding carboxylic acids is 4. The van der Waals surface area contributed by atoms with E-state index in [0.717, 1.165) is 18.0 Å². The molecule has 280 valence electrons. The molecule has 0 aromatic rings. The Labute approximate surface area is 278 Å². The van der Waals surface area contributed by atoms with Crippen molar-refractivity contribution in [1.82, 2.24) is 4.90 Å². The molecule has 0 aliphatic carbocycles. The molecule has 4 N–H and O–H groups in total. The summed E-state index contributed by atoms with van der Waals surface area (Å²) in [5.41, 5.74) is 10.8. The molecule has 0 bridgehead atoms. The van der Waals surface area contributed by atoms with Crippen molar-refractivity contribution in [1.29, 1.82) is 0 Å². The second kappa shape index (κ2) is 32.3. The van der Waals surface area contributed by atoms with Crippen LogP contribution in [0, 0.1) is 0 Å². The topological polar surface area (TPSA) is 133 Å². The number of nitrogens with zero attached hydrogens (tertiary/aromatic N) is 1. The van der Waals surface area contributed by atoms with Gasteiger partial charge in [0.15, 0.2) is 0 Å². The van der Waals surface area contributed by atoms with Crippen LogP contribution in [0.25, 0.3) is 0 Å². The Morgan fingerprint density at radius 3 is 1.23 bits per heavy atom. The smallest absolute Gasteiger partial charge is 0.466 e. The average molecular weight is 694 g/mol. The standard InChI is InChI=1S/C18H27F6NO3.C11H26N2.C4H8O2/c1-14(26)10-7-9-13-25(16(28)18(22,23)24)12-8-5-3-2-4-6-11-15(27)17(19,20)21;12-10-8-6-4-2-1-3-5-7-9-11-13;1-3-6-4(2)5/h2-13H2,1H3;1-13H2;3H2,1-2H3. The zero-order valence-electron chi connectivity index (χ0n) is 28.9. The van der Waals surface area contributed by atoms with Gasteiger partial charge in [-0.15, -0.1) is 0 Å². The Kier molecular flexibility index (Phi) is 33.8. The number of ketones is 2. The number of hydrogen-bond donors (Lipinski definition) is 2. The van der Waals surface area contributed by atoms with Gasteiger partial charge in [-0.25, -0.2) is 0 Å². The number of rotatable bonds is 25. The molecule has 0 aromatic carbocycles. The largest absolute Gasteiger partial charge is 0.471 e. The van der Waals surface area contributed by atoms with Crippen molar-refractivity contribution in [2.75, 3.05) is 32.8 Å². The van der Waals surface area contributed by atoms with Crippen LogP contribution in [-0.2, 0) is 23.9 Å². The molecule has 0 radical (unpaired) electrons. The Bertz CT molecular complexity index is 786. The summed E-state index contributed by atoms with van der Waals surface area (Å²) in [5, 5.41) is 0. The van der Waals surface area contributed by atoms with E-state index >= 15 is 0 Å². The van der Waals surface area contributed by atoms with Crippen LogP contribution in [0.4, 0.5) is 26.3 Å². The number of hydrogen-bond acceptors (Lipinski definition) is 7. The Hall–Kier alpha value is -2.22. The molecule has 8 nitrogen and oxygen atoms in total. The van der Waals surface area contributed by atoms with Crippen molar-refractivity contribution in [2.45, 2.75) is 155 Å². The fourth-order valence-corrected chi connectivity index (χ4v) is 4.34. The maximum Gasteiger partial charge on any atom is 0.471 e. The lowest BCUT2D eigenvalue weighted by molar-refractivity contribution is -0.185. The van der Waals surface area contributed by atoms with Gasteiger partial charge < -0.3 is 25.9 Å². The van der Waals surface area contributed by atoms with Crippen LogP contribution >= 0.6 is 0 Å². The number of esters is 1. The van der Waals surface area contributed by atoms with Gasteiger partial charge in [0.1, 0.15) is 5.78 Å². The minimum atomic E-state index is -4.95. The number of ether oxygens (including phenoxy) is 1. The highest BCUT2D eigenvalue weighted by molar-refractivity contribution is 5.83. The van der Waals surface area contributed by atoms with Gasteiger partial charge in [0, 0.05) is 32.9 Å². The number of amides is 1. The predicted molar refractivity (Wildman–Crippen MR) is 173 cm³/mol. The van der Waals surface area contributed by atoms with E-state index in [4.69, 9.17) is 11.5 Å². The van der Waals surface area contributed by atoms with Crippen molar-refractivity contribution >= 4 is 23.4 Å². The molecule has 1 amide bonds. The lowest BCUT2D eigenvalue weighted by atomic mass is 10.1. The summed E-state index contributed by atoms with van der Waals surface area (Å²) in [6, 6.07) is 0. The molecule has 0 fully saturated rings. The van der Waals surface area contributed by atoms with E-state index in [2.05, 4.69) is 4.74 Å². The van der Waals surface area contributed by atoms with Crippen LogP contribution in [0.2, 0.25) is 0 Å². The molecule has 0 rings (SSSR count). The van der Waals surface area contributed by atoms with Gasteiger partial charge >= 0.3 is 24.2 Å². The molecular formula is C33H61F6N3O5. The van der Waals surface area contributed by atoms with Crippen LogP contribution in [0.3, 0.4) is 0 Å². The third kappa shape index (κ3) is 38.1. The highest BCUT2D eigenvalue weighted by Crippen LogP contribution is 2.21. The van der Waals surface area contributed by atoms with E-state index in [1.54, 1.807) is 6.92 Å². The molecule has 0 atom stereocenters. The van der Waals surface area contributed by atoms with Gasteiger partial charge in [-0.3, -0.25) is 14.4 Å². The summed E-state index contributed by atoms with van der Waals surface area (Å²) < 4.78 is 78.4. The maximum atomic E-state index is 12.6. The third-order valence-corrected chi connectivity index (χ3v) is 6.89. The number of alkyl halides is 6. The summed E-state index contributed by atoms with van der Waals surface area (Å²) >= 11 is 0. The fraction of sp³-hybridized carbons (Fsp3) is 0.879. The first-order valence-corrected chi connectivity index (χ1v) is 17.0. The number of carbonyl (C=O) groups is 4. The van der Waals surface area contributed by atoms with Crippen LogP contribution < -0.4 is 11.5 Å². The Morgan fingerprint density at radius 1 is 0.553 bits per heavy atom. The molecule has 0 saturated heterocycles. The Morgan fingerprint density at radius 2 is 0.915 bits per heavy atom. The summed E-state index contributed by atoms with van der Waals surface area (Å²) in [5.74, 6) is -3.93. The van der Waals surface area contributed by atoms with E-state index in [-0.39, 0.29) is 37.7 Å². The molecule has 0 heterocycles. The van der Waals surface area contributed by atoms with Crippen molar-refractivity contribution in [3.63, 3.8) is 0 Å². The van der Waals surface area contributed by atoms with E-state index in [9.17, 15) is 45.5 Å². The monoisotopic (exact) mass is 693 g/mol. The normalized spacial score (nSPS) is 11.1. The van der Waals surface area contributed by atoms with Crippen molar-refractivity contribution in [2.24, 2.45) is 11.5 Å².